The van der Waals surface area contributed by atoms with Crippen LogP contribution < -0.4 is 0 Å². The van der Waals surface area contributed by atoms with Gasteiger partial charge in [0.05, 0.1) is 18.6 Å². The van der Waals surface area contributed by atoms with Crippen molar-refractivity contribution in [2.75, 3.05) is 13.2 Å². The van der Waals surface area contributed by atoms with Crippen LogP contribution in [0.3, 0.4) is 0 Å². The molecule has 0 atom stereocenters. The van der Waals surface area contributed by atoms with Gasteiger partial charge in [0.2, 0.25) is 0 Å². The average Bonchev–Trinajstić information content (AvgIpc) is 2.19. The van der Waals surface area contributed by atoms with E-state index in [0.29, 0.717) is 38.9 Å². The summed E-state index contributed by atoms with van der Waals surface area (Å²) in [4.78, 5) is 22.9. The minimum atomic E-state index is -0.745. The highest BCUT2D eigenvalue weighted by molar-refractivity contribution is 5.84. The summed E-state index contributed by atoms with van der Waals surface area (Å²) in [7, 11) is 0. The van der Waals surface area contributed by atoms with Crippen LogP contribution in [-0.4, -0.2) is 30.1 Å². The van der Waals surface area contributed by atoms with E-state index in [1.54, 1.807) is 0 Å². The lowest BCUT2D eigenvalue weighted by Gasteiger charge is -2.54. The molecule has 1 N–H and O–H groups in total. The lowest BCUT2D eigenvalue weighted by Crippen LogP contribution is -2.59. The Balaban J connectivity index is 2.28. The second kappa shape index (κ2) is 3.84. The topological polar surface area (TPSA) is 63.6 Å². The monoisotopic (exact) mass is 226 g/mol. The molecular weight excluding hydrogens is 208 g/mol. The molecule has 4 heteroatoms. The normalized spacial score (nSPS) is 27.2. The quantitative estimate of drug-likeness (QED) is 0.794. The van der Waals surface area contributed by atoms with Crippen molar-refractivity contribution in [1.82, 2.24) is 0 Å². The summed E-state index contributed by atoms with van der Waals surface area (Å²) in [5.74, 6) is -0.548. The van der Waals surface area contributed by atoms with Gasteiger partial charge >= 0.3 is 5.97 Å². The van der Waals surface area contributed by atoms with Crippen LogP contribution in [0.1, 0.15) is 39.0 Å². The molecule has 0 aromatic heterocycles. The summed E-state index contributed by atoms with van der Waals surface area (Å²) < 4.78 is 5.24. The van der Waals surface area contributed by atoms with E-state index in [0.717, 1.165) is 6.42 Å². The molecule has 2 fully saturated rings. The Hall–Kier alpha value is -0.900. The lowest BCUT2D eigenvalue weighted by atomic mass is 9.54. The number of carbonyl (C=O) groups excluding carboxylic acids is 1. The van der Waals surface area contributed by atoms with Gasteiger partial charge in [-0.3, -0.25) is 9.59 Å². The van der Waals surface area contributed by atoms with E-state index in [4.69, 9.17) is 4.74 Å². The number of hydrogen-bond acceptors (Lipinski definition) is 3. The summed E-state index contributed by atoms with van der Waals surface area (Å²) >= 11 is 0. The second-order valence-corrected chi connectivity index (χ2v) is 5.05. The molecule has 2 aliphatic rings. The number of Topliss-reactive ketones (excluding diaryl/α,β-unsaturated/α-hetero) is 1. The van der Waals surface area contributed by atoms with Crippen LogP contribution in [-0.2, 0) is 14.3 Å². The number of carbonyl (C=O) groups is 2. The van der Waals surface area contributed by atoms with Crippen LogP contribution in [0.2, 0.25) is 0 Å². The van der Waals surface area contributed by atoms with Gasteiger partial charge in [-0.2, -0.15) is 0 Å². The van der Waals surface area contributed by atoms with Gasteiger partial charge < -0.3 is 9.84 Å². The average molecular weight is 226 g/mol. The van der Waals surface area contributed by atoms with Gasteiger partial charge in [0.1, 0.15) is 5.78 Å². The Kier molecular flexibility index (Phi) is 2.78. The molecule has 1 aliphatic carbocycles. The van der Waals surface area contributed by atoms with Crippen molar-refractivity contribution in [3.63, 3.8) is 0 Å². The molecule has 0 amide bonds. The maximum Gasteiger partial charge on any atom is 0.310 e. The number of ether oxygens (including phenoxy) is 1. The minimum Gasteiger partial charge on any atom is -0.481 e. The van der Waals surface area contributed by atoms with Gasteiger partial charge in [0, 0.05) is 18.3 Å². The van der Waals surface area contributed by atoms with Gasteiger partial charge in [0.25, 0.3) is 0 Å². The highest BCUT2D eigenvalue weighted by atomic mass is 16.5. The number of hydrogen-bond donors (Lipinski definition) is 1. The number of ketones is 1. The first kappa shape index (κ1) is 11.6. The molecule has 0 aromatic rings. The molecule has 0 unspecified atom stereocenters. The highest BCUT2D eigenvalue weighted by Crippen LogP contribution is 2.55. The van der Waals surface area contributed by atoms with Crippen LogP contribution in [0.5, 0.6) is 0 Å². The minimum absolute atomic E-state index is 0.198. The van der Waals surface area contributed by atoms with Crippen LogP contribution >= 0.6 is 0 Å². The fourth-order valence-corrected chi connectivity index (χ4v) is 3.09. The number of aliphatic carboxylic acids is 1. The van der Waals surface area contributed by atoms with E-state index in [1.165, 1.54) is 0 Å². The van der Waals surface area contributed by atoms with Crippen LogP contribution in [0.4, 0.5) is 0 Å². The van der Waals surface area contributed by atoms with E-state index < -0.39 is 11.4 Å². The number of carboxylic acid groups (broad SMARTS) is 1. The summed E-state index contributed by atoms with van der Waals surface area (Å²) in [6, 6.07) is 0. The van der Waals surface area contributed by atoms with E-state index in [-0.39, 0.29) is 11.2 Å². The zero-order chi connectivity index (χ0) is 11.8. The first-order valence-electron chi connectivity index (χ1n) is 5.89. The zero-order valence-corrected chi connectivity index (χ0v) is 9.62. The van der Waals surface area contributed by atoms with E-state index >= 15 is 0 Å². The van der Waals surface area contributed by atoms with Crippen LogP contribution in [0.15, 0.2) is 0 Å². The molecule has 0 spiro atoms. The number of carboxylic acids is 1. The van der Waals surface area contributed by atoms with Crippen LogP contribution in [0.25, 0.3) is 0 Å². The predicted molar refractivity (Wildman–Crippen MR) is 57.1 cm³/mol. The van der Waals surface area contributed by atoms with Crippen molar-refractivity contribution in [3.8, 4) is 0 Å². The Bertz CT molecular complexity index is 301. The maximum absolute atomic E-state index is 11.6. The molecule has 1 aliphatic heterocycles. The summed E-state index contributed by atoms with van der Waals surface area (Å²) in [6.45, 7) is 3.08. The standard InChI is InChI=1S/C12H18O4/c1-2-11(7-16-8-11)12(10(14)15)5-3-9(13)4-6-12/h2-8H2,1H3,(H,14,15). The smallest absolute Gasteiger partial charge is 0.310 e. The lowest BCUT2D eigenvalue weighted by molar-refractivity contribution is -0.212. The van der Waals surface area contributed by atoms with Crippen molar-refractivity contribution in [2.45, 2.75) is 39.0 Å². The van der Waals surface area contributed by atoms with Crippen molar-refractivity contribution < 1.29 is 19.4 Å². The van der Waals surface area contributed by atoms with Crippen LogP contribution in [0, 0.1) is 10.8 Å². The predicted octanol–water partition coefficient (Wildman–Crippen LogP) is 1.63. The third kappa shape index (κ3) is 1.39. The summed E-state index contributed by atoms with van der Waals surface area (Å²) in [5.41, 5.74) is -0.965. The Morgan fingerprint density at radius 1 is 1.38 bits per heavy atom. The zero-order valence-electron chi connectivity index (χ0n) is 9.62. The Labute approximate surface area is 95.0 Å². The first-order valence-corrected chi connectivity index (χ1v) is 5.89. The number of rotatable bonds is 3. The molecule has 1 heterocycles. The molecule has 2 rings (SSSR count). The Morgan fingerprint density at radius 3 is 2.25 bits per heavy atom. The van der Waals surface area contributed by atoms with Crippen molar-refractivity contribution in [3.05, 3.63) is 0 Å². The SMILES string of the molecule is CCC1(C2(C(=O)O)CCC(=O)CC2)COC1. The van der Waals surface area contributed by atoms with E-state index in [2.05, 4.69) is 0 Å². The molecular formula is C12H18O4. The van der Waals surface area contributed by atoms with Gasteiger partial charge in [-0.15, -0.1) is 0 Å². The largest absolute Gasteiger partial charge is 0.481 e. The molecule has 1 saturated heterocycles. The highest BCUT2D eigenvalue weighted by Gasteiger charge is 2.60. The molecule has 16 heavy (non-hydrogen) atoms. The fraction of sp³-hybridized carbons (Fsp3) is 0.833. The Morgan fingerprint density at radius 2 is 1.94 bits per heavy atom. The first-order chi connectivity index (χ1) is 7.56. The van der Waals surface area contributed by atoms with Crippen molar-refractivity contribution in [1.29, 1.82) is 0 Å². The van der Waals surface area contributed by atoms with Gasteiger partial charge in [-0.05, 0) is 19.3 Å². The van der Waals surface area contributed by atoms with Crippen molar-refractivity contribution in [2.24, 2.45) is 10.8 Å². The summed E-state index contributed by atoms with van der Waals surface area (Å²) in [5, 5.41) is 9.54. The molecule has 1 saturated carbocycles. The molecule has 0 radical (unpaired) electrons. The molecule has 4 nitrogen and oxygen atoms in total. The third-order valence-corrected chi connectivity index (χ3v) is 4.52. The van der Waals surface area contributed by atoms with Gasteiger partial charge in [0.15, 0.2) is 0 Å². The van der Waals surface area contributed by atoms with Gasteiger partial charge in [-0.25, -0.2) is 0 Å². The van der Waals surface area contributed by atoms with E-state index in [9.17, 15) is 14.7 Å². The maximum atomic E-state index is 11.6. The third-order valence-electron chi connectivity index (χ3n) is 4.52. The van der Waals surface area contributed by atoms with Crippen molar-refractivity contribution >= 4 is 11.8 Å². The molecule has 0 bridgehead atoms. The fourth-order valence-electron chi connectivity index (χ4n) is 3.09. The second-order valence-electron chi connectivity index (χ2n) is 5.05. The molecule has 90 valence electrons. The molecule has 0 aromatic carbocycles. The summed E-state index contributed by atoms with van der Waals surface area (Å²) in [6.07, 6.45) is 2.60. The van der Waals surface area contributed by atoms with E-state index in [1.807, 2.05) is 6.92 Å². The van der Waals surface area contributed by atoms with Gasteiger partial charge in [-0.1, -0.05) is 6.92 Å².